The van der Waals surface area contributed by atoms with Crippen molar-refractivity contribution in [2.45, 2.75) is 46.2 Å². The van der Waals surface area contributed by atoms with Gasteiger partial charge in [-0.3, -0.25) is 9.78 Å². The van der Waals surface area contributed by atoms with E-state index in [1.807, 2.05) is 18.2 Å². The topological polar surface area (TPSA) is 62.2 Å². The van der Waals surface area contributed by atoms with Crippen LogP contribution in [0.5, 0.6) is 0 Å². The van der Waals surface area contributed by atoms with Crippen molar-refractivity contribution in [3.8, 4) is 5.69 Å². The second-order valence-corrected chi connectivity index (χ2v) is 10.5. The van der Waals surface area contributed by atoms with Crippen LogP contribution in [0.15, 0.2) is 72.9 Å². The Hall–Kier alpha value is -4.04. The number of nitrogens with zero attached hydrogens (tertiary/aromatic N) is 3. The summed E-state index contributed by atoms with van der Waals surface area (Å²) in [7, 11) is 0. The van der Waals surface area contributed by atoms with Crippen molar-refractivity contribution in [2.24, 2.45) is 0 Å². The number of hydrogen-bond acceptors (Lipinski definition) is 3. The normalized spacial score (nSPS) is 16.8. The van der Waals surface area contributed by atoms with Gasteiger partial charge in [0.05, 0.1) is 17.8 Å². The first kappa shape index (κ1) is 26.6. The zero-order valence-electron chi connectivity index (χ0n) is 22.5. The number of pyridine rings is 1. The SMILES string of the molecule is Cc1ccc(C)c(-n2c(C)cc([C@@H]3[C@H](c4ccccn4)NC(=S)N3CCC(=O)Nc3ccc(F)cc3)c2C)c1. The summed E-state index contributed by atoms with van der Waals surface area (Å²) in [5, 5.41) is 6.91. The molecule has 0 spiro atoms. The summed E-state index contributed by atoms with van der Waals surface area (Å²) in [6, 6.07) is 20.0. The van der Waals surface area contributed by atoms with Crippen LogP contribution in [0.1, 0.15) is 52.3 Å². The fourth-order valence-corrected chi connectivity index (χ4v) is 5.71. The molecule has 39 heavy (non-hydrogen) atoms. The number of nitrogens with one attached hydrogen (secondary N) is 2. The molecule has 200 valence electrons. The first-order chi connectivity index (χ1) is 18.7. The summed E-state index contributed by atoms with van der Waals surface area (Å²) in [6.45, 7) is 8.91. The molecule has 1 fully saturated rings. The van der Waals surface area contributed by atoms with E-state index in [4.69, 9.17) is 12.2 Å². The van der Waals surface area contributed by atoms with Crippen LogP contribution in [0.4, 0.5) is 10.1 Å². The Morgan fingerprint density at radius 3 is 2.54 bits per heavy atom. The lowest BCUT2D eigenvalue weighted by molar-refractivity contribution is -0.116. The van der Waals surface area contributed by atoms with E-state index in [1.54, 1.807) is 18.3 Å². The third-order valence-electron chi connectivity index (χ3n) is 7.30. The van der Waals surface area contributed by atoms with Crippen LogP contribution < -0.4 is 10.6 Å². The monoisotopic (exact) mass is 541 g/mol. The molecule has 6 nitrogen and oxygen atoms in total. The van der Waals surface area contributed by atoms with Gasteiger partial charge in [0.1, 0.15) is 5.82 Å². The molecule has 0 unspecified atom stereocenters. The van der Waals surface area contributed by atoms with Crippen LogP contribution in [-0.2, 0) is 4.79 Å². The minimum atomic E-state index is -0.344. The standard InChI is InChI=1S/C31H32FN5OS/c1-19-8-9-20(2)27(17-19)37-21(3)18-25(22(37)4)30-29(26-7-5-6-15-33-26)35-31(39)36(30)16-14-28(38)34-24-12-10-23(32)11-13-24/h5-13,15,17-18,29-30H,14,16H2,1-4H3,(H,34,38)(H,35,39)/t29-,30+/m0/s1. The highest BCUT2D eigenvalue weighted by Gasteiger charge is 2.41. The number of hydrogen-bond donors (Lipinski definition) is 2. The average molecular weight is 542 g/mol. The van der Waals surface area contributed by atoms with E-state index < -0.39 is 0 Å². The zero-order chi connectivity index (χ0) is 27.7. The van der Waals surface area contributed by atoms with Gasteiger partial charge >= 0.3 is 0 Å². The van der Waals surface area contributed by atoms with E-state index in [0.29, 0.717) is 17.3 Å². The Morgan fingerprint density at radius 1 is 1.05 bits per heavy atom. The van der Waals surface area contributed by atoms with Gasteiger partial charge in [-0.1, -0.05) is 18.2 Å². The number of anilines is 1. The molecule has 2 atom stereocenters. The molecule has 1 amide bonds. The maximum atomic E-state index is 13.3. The molecule has 0 saturated carbocycles. The lowest BCUT2D eigenvalue weighted by Crippen LogP contribution is -2.32. The number of halogens is 1. The second kappa shape index (κ2) is 11.0. The smallest absolute Gasteiger partial charge is 0.226 e. The van der Waals surface area contributed by atoms with Gasteiger partial charge in [0.2, 0.25) is 5.91 Å². The first-order valence-corrected chi connectivity index (χ1v) is 13.4. The molecule has 0 bridgehead atoms. The highest BCUT2D eigenvalue weighted by atomic mass is 32.1. The molecule has 2 aromatic heterocycles. The third kappa shape index (κ3) is 5.43. The molecule has 2 N–H and O–H groups in total. The first-order valence-electron chi connectivity index (χ1n) is 13.0. The van der Waals surface area contributed by atoms with Crippen molar-refractivity contribution in [3.05, 3.63) is 113 Å². The highest BCUT2D eigenvalue weighted by Crippen LogP contribution is 2.41. The number of carbonyl (C=O) groups is 1. The molecule has 3 heterocycles. The summed E-state index contributed by atoms with van der Waals surface area (Å²) in [5.41, 5.74) is 8.39. The van der Waals surface area contributed by atoms with Gasteiger partial charge < -0.3 is 20.1 Å². The van der Waals surface area contributed by atoms with E-state index in [9.17, 15) is 9.18 Å². The lowest BCUT2D eigenvalue weighted by Gasteiger charge is -2.28. The minimum Gasteiger partial charge on any atom is -0.352 e. The fraction of sp³-hybridized carbons (Fsp3) is 0.258. The van der Waals surface area contributed by atoms with Crippen LogP contribution in [0, 0.1) is 33.5 Å². The summed E-state index contributed by atoms with van der Waals surface area (Å²) in [4.78, 5) is 19.6. The summed E-state index contributed by atoms with van der Waals surface area (Å²) in [5.74, 6) is -0.506. The summed E-state index contributed by atoms with van der Waals surface area (Å²) in [6.07, 6.45) is 2.01. The van der Waals surface area contributed by atoms with E-state index in [0.717, 1.165) is 28.3 Å². The number of amides is 1. The predicted octanol–water partition coefficient (Wildman–Crippen LogP) is 6.25. The van der Waals surface area contributed by atoms with Crippen LogP contribution in [-0.4, -0.2) is 32.0 Å². The summed E-state index contributed by atoms with van der Waals surface area (Å²) >= 11 is 5.81. The molecule has 5 rings (SSSR count). The lowest BCUT2D eigenvalue weighted by atomic mass is 9.96. The number of benzene rings is 2. The minimum absolute atomic E-state index is 0.156. The van der Waals surface area contributed by atoms with E-state index in [2.05, 4.69) is 77.0 Å². The Balaban J connectivity index is 1.48. The van der Waals surface area contributed by atoms with Crippen LogP contribution >= 0.6 is 12.2 Å². The van der Waals surface area contributed by atoms with Gasteiger partial charge in [-0.25, -0.2) is 4.39 Å². The number of carbonyl (C=O) groups excluding carboxylic acids is 1. The molecule has 1 aliphatic heterocycles. The Morgan fingerprint density at radius 2 is 1.82 bits per heavy atom. The molecule has 1 aliphatic rings. The number of thiocarbonyl (C=S) groups is 1. The van der Waals surface area contributed by atoms with Crippen molar-refractivity contribution in [3.63, 3.8) is 0 Å². The van der Waals surface area contributed by atoms with Crippen molar-refractivity contribution >= 4 is 28.9 Å². The number of rotatable bonds is 7. The predicted molar refractivity (Wildman–Crippen MR) is 157 cm³/mol. The molecule has 2 aromatic carbocycles. The quantitative estimate of drug-likeness (QED) is 0.271. The summed E-state index contributed by atoms with van der Waals surface area (Å²) < 4.78 is 15.6. The molecule has 0 radical (unpaired) electrons. The van der Waals surface area contributed by atoms with Crippen molar-refractivity contribution in [1.29, 1.82) is 0 Å². The Bertz CT molecular complexity index is 1520. The highest BCUT2D eigenvalue weighted by molar-refractivity contribution is 7.80. The van der Waals surface area contributed by atoms with Gasteiger partial charge in [0, 0.05) is 41.9 Å². The average Bonchev–Trinajstić information content (AvgIpc) is 3.40. The molecular weight excluding hydrogens is 509 g/mol. The second-order valence-electron chi connectivity index (χ2n) is 10.1. The maximum absolute atomic E-state index is 13.3. The molecule has 8 heteroatoms. The van der Waals surface area contributed by atoms with Crippen molar-refractivity contribution in [1.82, 2.24) is 19.8 Å². The van der Waals surface area contributed by atoms with Crippen molar-refractivity contribution < 1.29 is 9.18 Å². The molecule has 4 aromatic rings. The van der Waals surface area contributed by atoms with Gasteiger partial charge in [-0.2, -0.15) is 0 Å². The van der Waals surface area contributed by atoms with Crippen LogP contribution in [0.25, 0.3) is 5.69 Å². The van der Waals surface area contributed by atoms with E-state index >= 15 is 0 Å². The van der Waals surface area contributed by atoms with Crippen LogP contribution in [0.2, 0.25) is 0 Å². The molecule has 1 saturated heterocycles. The van der Waals surface area contributed by atoms with Gasteiger partial charge in [-0.05, 0) is 105 Å². The molecule has 0 aliphatic carbocycles. The largest absolute Gasteiger partial charge is 0.352 e. The Kier molecular flexibility index (Phi) is 7.48. The van der Waals surface area contributed by atoms with E-state index in [-0.39, 0.29) is 30.2 Å². The number of aryl methyl sites for hydroxylation is 3. The Labute approximate surface area is 233 Å². The maximum Gasteiger partial charge on any atom is 0.226 e. The third-order valence-corrected chi connectivity index (χ3v) is 7.65. The van der Waals surface area contributed by atoms with Crippen LogP contribution in [0.3, 0.4) is 0 Å². The van der Waals surface area contributed by atoms with E-state index in [1.165, 1.54) is 23.3 Å². The van der Waals surface area contributed by atoms with Crippen molar-refractivity contribution in [2.75, 3.05) is 11.9 Å². The number of aromatic nitrogens is 2. The zero-order valence-corrected chi connectivity index (χ0v) is 23.3. The van der Waals surface area contributed by atoms with Gasteiger partial charge in [0.15, 0.2) is 5.11 Å². The van der Waals surface area contributed by atoms with Gasteiger partial charge in [0.25, 0.3) is 0 Å². The molecular formula is C31H32FN5OS. The fourth-order valence-electron chi connectivity index (χ4n) is 5.38. The van der Waals surface area contributed by atoms with Gasteiger partial charge in [-0.15, -0.1) is 0 Å².